The van der Waals surface area contributed by atoms with Gasteiger partial charge in [-0.15, -0.1) is 0 Å². The van der Waals surface area contributed by atoms with Crippen LogP contribution in [0.15, 0.2) is 25.5 Å². The van der Waals surface area contributed by atoms with Crippen LogP contribution in [0.3, 0.4) is 0 Å². The van der Waals surface area contributed by atoms with Gasteiger partial charge in [-0.05, 0) is 34.5 Å². The fourth-order valence-corrected chi connectivity index (χ4v) is 3.00. The first kappa shape index (κ1) is 11.7. The van der Waals surface area contributed by atoms with E-state index >= 15 is 0 Å². The normalized spacial score (nSPS) is 10.9. The van der Waals surface area contributed by atoms with Gasteiger partial charge in [0.1, 0.15) is 5.58 Å². The van der Waals surface area contributed by atoms with Crippen molar-refractivity contribution in [3.05, 3.63) is 32.4 Å². The van der Waals surface area contributed by atoms with E-state index in [1.54, 1.807) is 0 Å². The zero-order valence-corrected chi connectivity index (χ0v) is 11.6. The van der Waals surface area contributed by atoms with Crippen LogP contribution < -0.4 is 0 Å². The summed E-state index contributed by atoms with van der Waals surface area (Å²) >= 11 is 6.73. The molecule has 0 unspecified atom stereocenters. The van der Waals surface area contributed by atoms with Gasteiger partial charge in [0.05, 0.1) is 4.47 Å². The number of carboxylic acid groups (broad SMARTS) is 1. The van der Waals surface area contributed by atoms with Crippen molar-refractivity contribution in [3.8, 4) is 0 Å². The van der Waals surface area contributed by atoms with Crippen LogP contribution in [0.1, 0.15) is 23.0 Å². The quantitative estimate of drug-likeness (QED) is 0.884. The van der Waals surface area contributed by atoms with Crippen LogP contribution in [0.5, 0.6) is 0 Å². The molecule has 84 valence electrons. The Morgan fingerprint density at radius 1 is 1.44 bits per heavy atom. The first-order valence-corrected chi connectivity index (χ1v) is 6.27. The van der Waals surface area contributed by atoms with E-state index in [0.29, 0.717) is 12.0 Å². The maximum absolute atomic E-state index is 11.0. The van der Waals surface area contributed by atoms with Gasteiger partial charge in [0.15, 0.2) is 0 Å². The van der Waals surface area contributed by atoms with E-state index in [-0.39, 0.29) is 5.76 Å². The second-order valence-corrected chi connectivity index (χ2v) is 5.10. The fourth-order valence-electron chi connectivity index (χ4n) is 1.70. The van der Waals surface area contributed by atoms with Crippen molar-refractivity contribution in [2.24, 2.45) is 0 Å². The summed E-state index contributed by atoms with van der Waals surface area (Å²) < 4.78 is 7.01. The summed E-state index contributed by atoms with van der Waals surface area (Å²) in [5.41, 5.74) is 1.31. The van der Waals surface area contributed by atoms with Crippen LogP contribution in [-0.4, -0.2) is 11.1 Å². The van der Waals surface area contributed by atoms with Crippen LogP contribution in [0.25, 0.3) is 11.0 Å². The molecule has 0 amide bonds. The van der Waals surface area contributed by atoms with Gasteiger partial charge in [0, 0.05) is 15.4 Å². The van der Waals surface area contributed by atoms with Crippen molar-refractivity contribution in [1.82, 2.24) is 0 Å². The van der Waals surface area contributed by atoms with E-state index in [1.165, 1.54) is 0 Å². The van der Waals surface area contributed by atoms with Crippen LogP contribution in [0, 0.1) is 0 Å². The number of hydrogen-bond acceptors (Lipinski definition) is 2. The third kappa shape index (κ3) is 1.78. The standard InChI is InChI=1S/C11H8Br2O3/c1-2-6-7-3-5(12)4-8(13)9(7)16-10(6)11(14)15/h3-4H,2H2,1H3,(H,14,15). The molecule has 0 saturated carbocycles. The molecule has 0 radical (unpaired) electrons. The molecule has 2 aromatic rings. The third-order valence-electron chi connectivity index (χ3n) is 2.36. The number of aryl methyl sites for hydroxylation is 1. The predicted octanol–water partition coefficient (Wildman–Crippen LogP) is 4.22. The topological polar surface area (TPSA) is 50.4 Å². The number of aromatic carboxylic acids is 1. The summed E-state index contributed by atoms with van der Waals surface area (Å²) in [5, 5.41) is 9.87. The zero-order chi connectivity index (χ0) is 11.9. The van der Waals surface area contributed by atoms with Gasteiger partial charge >= 0.3 is 5.97 Å². The molecular formula is C11H8Br2O3. The zero-order valence-electron chi connectivity index (χ0n) is 8.38. The second-order valence-electron chi connectivity index (χ2n) is 3.33. The SMILES string of the molecule is CCc1c(C(=O)O)oc2c(Br)cc(Br)cc12. The van der Waals surface area contributed by atoms with Gasteiger partial charge in [0.25, 0.3) is 0 Å². The average Bonchev–Trinajstić information content (AvgIpc) is 2.56. The van der Waals surface area contributed by atoms with Gasteiger partial charge in [-0.3, -0.25) is 0 Å². The number of fused-ring (bicyclic) bond motifs is 1. The van der Waals surface area contributed by atoms with E-state index in [4.69, 9.17) is 9.52 Å². The Hall–Kier alpha value is -0.810. The maximum atomic E-state index is 11.0. The van der Waals surface area contributed by atoms with Crippen molar-refractivity contribution < 1.29 is 14.3 Å². The van der Waals surface area contributed by atoms with Gasteiger partial charge < -0.3 is 9.52 Å². The van der Waals surface area contributed by atoms with Crippen LogP contribution >= 0.6 is 31.9 Å². The Labute approximate surface area is 109 Å². The highest BCUT2D eigenvalue weighted by Crippen LogP contribution is 2.34. The molecule has 1 N–H and O–H groups in total. The lowest BCUT2D eigenvalue weighted by atomic mass is 10.1. The lowest BCUT2D eigenvalue weighted by Gasteiger charge is -1.96. The maximum Gasteiger partial charge on any atom is 0.372 e. The smallest absolute Gasteiger partial charge is 0.372 e. The van der Waals surface area contributed by atoms with Gasteiger partial charge in [-0.2, -0.15) is 0 Å². The molecule has 1 aromatic heterocycles. The molecule has 3 nitrogen and oxygen atoms in total. The van der Waals surface area contributed by atoms with Crippen molar-refractivity contribution in [2.45, 2.75) is 13.3 Å². The third-order valence-corrected chi connectivity index (χ3v) is 3.41. The lowest BCUT2D eigenvalue weighted by Crippen LogP contribution is -1.97. The van der Waals surface area contributed by atoms with Gasteiger partial charge in [-0.1, -0.05) is 22.9 Å². The molecule has 0 spiro atoms. The number of benzene rings is 1. The largest absolute Gasteiger partial charge is 0.475 e. The number of halogens is 2. The van der Waals surface area contributed by atoms with E-state index in [2.05, 4.69) is 31.9 Å². The van der Waals surface area contributed by atoms with Gasteiger partial charge in [-0.25, -0.2) is 4.79 Å². The minimum absolute atomic E-state index is 0.0244. The molecule has 0 saturated heterocycles. The summed E-state index contributed by atoms with van der Waals surface area (Å²) in [6.07, 6.45) is 0.623. The number of furan rings is 1. The summed E-state index contributed by atoms with van der Waals surface area (Å²) in [5.74, 6) is -1.01. The van der Waals surface area contributed by atoms with Crippen molar-refractivity contribution in [2.75, 3.05) is 0 Å². The monoisotopic (exact) mass is 346 g/mol. The summed E-state index contributed by atoms with van der Waals surface area (Å²) in [4.78, 5) is 11.0. The molecule has 0 atom stereocenters. The molecule has 1 aromatic carbocycles. The van der Waals surface area contributed by atoms with E-state index < -0.39 is 5.97 Å². The molecule has 5 heteroatoms. The van der Waals surface area contributed by atoms with E-state index in [0.717, 1.165) is 19.9 Å². The number of carbonyl (C=O) groups is 1. The highest BCUT2D eigenvalue weighted by atomic mass is 79.9. The van der Waals surface area contributed by atoms with Crippen LogP contribution in [0.2, 0.25) is 0 Å². The Morgan fingerprint density at radius 2 is 2.12 bits per heavy atom. The summed E-state index contributed by atoms with van der Waals surface area (Å²) in [7, 11) is 0. The van der Waals surface area contributed by atoms with Gasteiger partial charge in [0.2, 0.25) is 5.76 Å². The number of rotatable bonds is 2. The Morgan fingerprint density at radius 3 is 2.69 bits per heavy atom. The minimum atomic E-state index is -1.03. The highest BCUT2D eigenvalue weighted by molar-refractivity contribution is 9.11. The molecule has 0 aliphatic rings. The Kier molecular flexibility index (Phi) is 3.08. The molecule has 16 heavy (non-hydrogen) atoms. The molecule has 1 heterocycles. The first-order valence-electron chi connectivity index (χ1n) is 4.68. The molecule has 2 rings (SSSR count). The van der Waals surface area contributed by atoms with Crippen LogP contribution in [-0.2, 0) is 6.42 Å². The fraction of sp³-hybridized carbons (Fsp3) is 0.182. The van der Waals surface area contributed by atoms with E-state index in [1.807, 2.05) is 19.1 Å². The summed E-state index contributed by atoms with van der Waals surface area (Å²) in [6, 6.07) is 3.70. The lowest BCUT2D eigenvalue weighted by molar-refractivity contribution is 0.0663. The average molecular weight is 348 g/mol. The highest BCUT2D eigenvalue weighted by Gasteiger charge is 2.20. The molecule has 0 aliphatic heterocycles. The van der Waals surface area contributed by atoms with Crippen molar-refractivity contribution in [3.63, 3.8) is 0 Å². The predicted molar refractivity (Wildman–Crippen MR) is 68.0 cm³/mol. The molecule has 0 fully saturated rings. The Balaban J connectivity index is 2.87. The molecule has 0 aliphatic carbocycles. The van der Waals surface area contributed by atoms with E-state index in [9.17, 15) is 4.79 Å². The molecular weight excluding hydrogens is 340 g/mol. The summed E-state index contributed by atoms with van der Waals surface area (Å²) in [6.45, 7) is 1.91. The minimum Gasteiger partial charge on any atom is -0.475 e. The molecule has 0 bridgehead atoms. The Bertz CT molecular complexity index is 572. The van der Waals surface area contributed by atoms with Crippen LogP contribution in [0.4, 0.5) is 0 Å². The first-order chi connectivity index (χ1) is 7.54. The van der Waals surface area contributed by atoms with Crippen molar-refractivity contribution >= 4 is 48.8 Å². The van der Waals surface area contributed by atoms with Crippen molar-refractivity contribution in [1.29, 1.82) is 0 Å². The second kappa shape index (κ2) is 4.22. The number of hydrogen-bond donors (Lipinski definition) is 1. The number of carboxylic acids is 1.